The Morgan fingerprint density at radius 3 is 2.81 bits per heavy atom. The van der Waals surface area contributed by atoms with Gasteiger partial charge in [-0.25, -0.2) is 4.98 Å². The topological polar surface area (TPSA) is 43.6 Å². The Morgan fingerprint density at radius 1 is 1.29 bits per heavy atom. The van der Waals surface area contributed by atoms with Crippen LogP contribution in [0.4, 0.5) is 0 Å². The fourth-order valence-electron chi connectivity index (χ4n) is 2.34. The summed E-state index contributed by atoms with van der Waals surface area (Å²) in [5.41, 5.74) is 0.955. The summed E-state index contributed by atoms with van der Waals surface area (Å²) in [6.07, 6.45) is 1.04. The maximum Gasteiger partial charge on any atom is 0.193 e. The van der Waals surface area contributed by atoms with Gasteiger partial charge in [-0.1, -0.05) is 32.4 Å². The Morgan fingerprint density at radius 2 is 2.10 bits per heavy atom. The normalized spacial score (nSPS) is 11.7. The lowest BCUT2D eigenvalue weighted by Gasteiger charge is -2.09. The van der Waals surface area contributed by atoms with Gasteiger partial charge in [-0.2, -0.15) is 0 Å². The molecule has 0 saturated heterocycles. The fourth-order valence-corrected chi connectivity index (χ4v) is 3.57. The van der Waals surface area contributed by atoms with Gasteiger partial charge < -0.3 is 4.57 Å². The average Bonchev–Trinajstić information content (AvgIpc) is 3.01. The molecule has 6 heteroatoms. The van der Waals surface area contributed by atoms with E-state index in [2.05, 4.69) is 40.5 Å². The fraction of sp³-hybridized carbons (Fsp3) is 0.400. The highest BCUT2D eigenvalue weighted by molar-refractivity contribution is 7.21. The van der Waals surface area contributed by atoms with Gasteiger partial charge in [-0.3, -0.25) is 0 Å². The van der Waals surface area contributed by atoms with Crippen molar-refractivity contribution in [2.45, 2.75) is 39.7 Å². The second kappa shape index (κ2) is 5.73. The number of fused-ring (bicyclic) bond motifs is 1. The Hall–Kier alpha value is -1.46. The molecule has 1 aromatic carbocycles. The SMILES string of the molecule is CCCn1c(-c2nc3ccc(Cl)cc3s2)nnc1C(C)C. The number of benzene rings is 1. The number of hydrogen-bond acceptors (Lipinski definition) is 4. The highest BCUT2D eigenvalue weighted by Gasteiger charge is 2.18. The molecule has 0 aliphatic rings. The highest BCUT2D eigenvalue weighted by atomic mass is 35.5. The number of halogens is 1. The van der Waals surface area contributed by atoms with E-state index in [1.165, 1.54) is 0 Å². The van der Waals surface area contributed by atoms with Crippen molar-refractivity contribution in [3.8, 4) is 10.8 Å². The van der Waals surface area contributed by atoms with Gasteiger partial charge in [0, 0.05) is 17.5 Å². The summed E-state index contributed by atoms with van der Waals surface area (Å²) >= 11 is 7.66. The van der Waals surface area contributed by atoms with E-state index >= 15 is 0 Å². The molecule has 0 radical (unpaired) electrons. The van der Waals surface area contributed by atoms with Crippen molar-refractivity contribution < 1.29 is 0 Å². The maximum atomic E-state index is 6.05. The predicted octanol–water partition coefficient (Wildman–Crippen LogP) is 4.74. The average molecular weight is 321 g/mol. The Labute approximate surface area is 132 Å². The van der Waals surface area contributed by atoms with Gasteiger partial charge >= 0.3 is 0 Å². The molecule has 110 valence electrons. The predicted molar refractivity (Wildman–Crippen MR) is 88.0 cm³/mol. The number of rotatable bonds is 4. The molecule has 0 unspecified atom stereocenters. The lowest BCUT2D eigenvalue weighted by atomic mass is 10.2. The second-order valence-electron chi connectivity index (χ2n) is 5.32. The summed E-state index contributed by atoms with van der Waals surface area (Å²) in [7, 11) is 0. The van der Waals surface area contributed by atoms with E-state index < -0.39 is 0 Å². The number of nitrogens with zero attached hydrogens (tertiary/aromatic N) is 4. The molecule has 0 aliphatic carbocycles. The van der Waals surface area contributed by atoms with Crippen LogP contribution in [-0.2, 0) is 6.54 Å². The molecule has 0 fully saturated rings. The molecule has 0 saturated carbocycles. The summed E-state index contributed by atoms with van der Waals surface area (Å²) in [6.45, 7) is 7.34. The lowest BCUT2D eigenvalue weighted by Crippen LogP contribution is -2.06. The van der Waals surface area contributed by atoms with Gasteiger partial charge in [0.05, 0.1) is 10.2 Å². The smallest absolute Gasteiger partial charge is 0.193 e. The molecule has 0 amide bonds. The molecule has 0 N–H and O–H groups in total. The third-order valence-corrected chi connectivity index (χ3v) is 4.53. The highest BCUT2D eigenvalue weighted by Crippen LogP contribution is 2.32. The summed E-state index contributed by atoms with van der Waals surface area (Å²) in [5.74, 6) is 2.23. The molecule has 0 atom stereocenters. The van der Waals surface area contributed by atoms with Gasteiger partial charge in [0.25, 0.3) is 0 Å². The number of hydrogen-bond donors (Lipinski definition) is 0. The van der Waals surface area contributed by atoms with Crippen molar-refractivity contribution >= 4 is 33.2 Å². The van der Waals surface area contributed by atoms with Crippen LogP contribution in [0.15, 0.2) is 18.2 Å². The Bertz CT molecular complexity index is 775. The van der Waals surface area contributed by atoms with E-state index in [4.69, 9.17) is 11.6 Å². The van der Waals surface area contributed by atoms with Crippen LogP contribution in [0.1, 0.15) is 38.9 Å². The van der Waals surface area contributed by atoms with E-state index in [9.17, 15) is 0 Å². The molecule has 3 rings (SSSR count). The first kappa shape index (κ1) is 14.5. The van der Waals surface area contributed by atoms with Gasteiger partial charge in [0.1, 0.15) is 5.82 Å². The quantitative estimate of drug-likeness (QED) is 0.697. The van der Waals surface area contributed by atoms with E-state index in [1.807, 2.05) is 18.2 Å². The maximum absolute atomic E-state index is 6.05. The second-order valence-corrected chi connectivity index (χ2v) is 6.79. The first-order chi connectivity index (χ1) is 10.1. The molecule has 0 aliphatic heterocycles. The van der Waals surface area contributed by atoms with E-state index in [0.717, 1.165) is 44.9 Å². The van der Waals surface area contributed by atoms with Crippen LogP contribution in [0.25, 0.3) is 21.0 Å². The molecule has 21 heavy (non-hydrogen) atoms. The standard InChI is InChI=1S/C15H17ClN4S/c1-4-7-20-13(9(2)3)18-19-14(20)15-17-11-6-5-10(16)8-12(11)21-15/h5-6,8-9H,4,7H2,1-3H3. The minimum absolute atomic E-state index is 0.349. The summed E-state index contributed by atoms with van der Waals surface area (Å²) in [6, 6.07) is 5.76. The van der Waals surface area contributed by atoms with E-state index in [-0.39, 0.29) is 0 Å². The molecule has 3 aromatic rings. The van der Waals surface area contributed by atoms with Gasteiger partial charge in [0.15, 0.2) is 10.8 Å². The molecule has 2 heterocycles. The summed E-state index contributed by atoms with van der Waals surface area (Å²) in [4.78, 5) is 4.68. The van der Waals surface area contributed by atoms with Crippen LogP contribution in [0.3, 0.4) is 0 Å². The van der Waals surface area contributed by atoms with Crippen molar-refractivity contribution in [1.29, 1.82) is 0 Å². The van der Waals surface area contributed by atoms with Crippen molar-refractivity contribution in [1.82, 2.24) is 19.7 Å². The minimum atomic E-state index is 0.349. The number of thiazole rings is 1. The summed E-state index contributed by atoms with van der Waals surface area (Å²) in [5, 5.41) is 10.4. The first-order valence-corrected chi connectivity index (χ1v) is 8.29. The minimum Gasteiger partial charge on any atom is -0.309 e. The van der Waals surface area contributed by atoms with Crippen molar-refractivity contribution in [3.05, 3.63) is 29.0 Å². The first-order valence-electron chi connectivity index (χ1n) is 7.09. The third-order valence-electron chi connectivity index (χ3n) is 3.28. The van der Waals surface area contributed by atoms with E-state index in [1.54, 1.807) is 11.3 Å². The van der Waals surface area contributed by atoms with Crippen molar-refractivity contribution in [2.24, 2.45) is 0 Å². The lowest BCUT2D eigenvalue weighted by molar-refractivity contribution is 0.614. The number of aromatic nitrogens is 4. The zero-order valence-corrected chi connectivity index (χ0v) is 13.9. The van der Waals surface area contributed by atoms with E-state index in [0.29, 0.717) is 5.92 Å². The van der Waals surface area contributed by atoms with Crippen LogP contribution in [0.5, 0.6) is 0 Å². The molecule has 2 aromatic heterocycles. The Kier molecular flexibility index (Phi) is 3.95. The van der Waals surface area contributed by atoms with Crippen molar-refractivity contribution in [3.63, 3.8) is 0 Å². The third kappa shape index (κ3) is 2.68. The molecule has 4 nitrogen and oxygen atoms in total. The largest absolute Gasteiger partial charge is 0.309 e. The van der Waals surface area contributed by atoms with Crippen LogP contribution < -0.4 is 0 Å². The molecule has 0 bridgehead atoms. The van der Waals surface area contributed by atoms with Crippen LogP contribution >= 0.6 is 22.9 Å². The monoisotopic (exact) mass is 320 g/mol. The van der Waals surface area contributed by atoms with Crippen molar-refractivity contribution in [2.75, 3.05) is 0 Å². The van der Waals surface area contributed by atoms with Crippen LogP contribution in [0, 0.1) is 0 Å². The van der Waals surface area contributed by atoms with Crippen LogP contribution in [-0.4, -0.2) is 19.7 Å². The molecular weight excluding hydrogens is 304 g/mol. The molecular formula is C15H17ClN4S. The Balaban J connectivity index is 2.13. The van der Waals surface area contributed by atoms with Gasteiger partial charge in [-0.15, -0.1) is 21.5 Å². The van der Waals surface area contributed by atoms with Gasteiger partial charge in [-0.05, 0) is 24.6 Å². The summed E-state index contributed by atoms with van der Waals surface area (Å²) < 4.78 is 3.26. The zero-order valence-electron chi connectivity index (χ0n) is 12.3. The zero-order chi connectivity index (χ0) is 15.0. The molecule has 0 spiro atoms. The van der Waals surface area contributed by atoms with Crippen LogP contribution in [0.2, 0.25) is 5.02 Å². The van der Waals surface area contributed by atoms with Gasteiger partial charge in [0.2, 0.25) is 0 Å².